The van der Waals surface area contributed by atoms with Gasteiger partial charge in [-0.05, 0) is 57.5 Å². The summed E-state index contributed by atoms with van der Waals surface area (Å²) in [7, 11) is 2.13. The molecule has 1 aliphatic rings. The Labute approximate surface area is 127 Å². The van der Waals surface area contributed by atoms with Crippen molar-refractivity contribution in [2.75, 3.05) is 25.9 Å². The van der Waals surface area contributed by atoms with Crippen molar-refractivity contribution in [3.8, 4) is 0 Å². The molecule has 4 nitrogen and oxygen atoms in total. The largest absolute Gasteiger partial charge is 0.399 e. The van der Waals surface area contributed by atoms with Crippen LogP contribution in [0, 0.1) is 5.92 Å². The summed E-state index contributed by atoms with van der Waals surface area (Å²) in [6.07, 6.45) is 1.02. The number of piperidine rings is 1. The van der Waals surface area contributed by atoms with Crippen molar-refractivity contribution in [2.24, 2.45) is 5.92 Å². The highest BCUT2D eigenvalue weighted by Crippen LogP contribution is 2.25. The molecule has 0 radical (unpaired) electrons. The summed E-state index contributed by atoms with van der Waals surface area (Å²) in [4.78, 5) is 15.0. The van der Waals surface area contributed by atoms with Crippen molar-refractivity contribution in [1.82, 2.24) is 10.2 Å². The van der Waals surface area contributed by atoms with Gasteiger partial charge in [-0.1, -0.05) is 19.1 Å². The summed E-state index contributed by atoms with van der Waals surface area (Å²) in [6, 6.07) is 7.84. The van der Waals surface area contributed by atoms with Crippen LogP contribution in [-0.4, -0.2) is 37.0 Å². The Morgan fingerprint density at radius 1 is 1.33 bits per heavy atom. The summed E-state index contributed by atoms with van der Waals surface area (Å²) < 4.78 is 0. The van der Waals surface area contributed by atoms with Gasteiger partial charge in [-0.25, -0.2) is 0 Å². The second kappa shape index (κ2) is 6.06. The molecule has 116 valence electrons. The van der Waals surface area contributed by atoms with Crippen molar-refractivity contribution in [2.45, 2.75) is 38.6 Å². The number of hydrogen-bond donors (Lipinski definition) is 2. The van der Waals surface area contributed by atoms with Crippen molar-refractivity contribution < 1.29 is 4.79 Å². The molecule has 1 amide bonds. The van der Waals surface area contributed by atoms with E-state index in [0.717, 1.165) is 30.8 Å². The van der Waals surface area contributed by atoms with Gasteiger partial charge >= 0.3 is 0 Å². The molecule has 0 aliphatic carbocycles. The number of hydrogen-bond acceptors (Lipinski definition) is 3. The maximum atomic E-state index is 12.7. The molecule has 1 aromatic rings. The monoisotopic (exact) mass is 289 g/mol. The summed E-state index contributed by atoms with van der Waals surface area (Å²) in [6.45, 7) is 8.21. The van der Waals surface area contributed by atoms with Crippen molar-refractivity contribution in [3.63, 3.8) is 0 Å². The summed E-state index contributed by atoms with van der Waals surface area (Å²) in [5.74, 6) is 0.573. The second-order valence-electron chi connectivity index (χ2n) is 6.86. The van der Waals surface area contributed by atoms with Crippen molar-refractivity contribution >= 4 is 11.6 Å². The Kier molecular flexibility index (Phi) is 4.57. The van der Waals surface area contributed by atoms with Crippen LogP contribution in [0.25, 0.3) is 0 Å². The van der Waals surface area contributed by atoms with Crippen LogP contribution in [0.3, 0.4) is 0 Å². The molecule has 1 heterocycles. The van der Waals surface area contributed by atoms with E-state index in [2.05, 4.69) is 24.2 Å². The molecule has 0 saturated carbocycles. The number of carbonyl (C=O) groups excluding carboxylic acids is 1. The highest BCUT2D eigenvalue weighted by atomic mass is 16.2. The van der Waals surface area contributed by atoms with Crippen LogP contribution in [-0.2, 0) is 10.2 Å². The molecule has 1 aliphatic heterocycles. The van der Waals surface area contributed by atoms with E-state index in [1.165, 1.54) is 0 Å². The first kappa shape index (κ1) is 15.8. The van der Waals surface area contributed by atoms with Crippen molar-refractivity contribution in [3.05, 3.63) is 29.8 Å². The van der Waals surface area contributed by atoms with E-state index in [1.54, 1.807) is 0 Å². The van der Waals surface area contributed by atoms with E-state index in [1.807, 2.05) is 38.1 Å². The summed E-state index contributed by atoms with van der Waals surface area (Å²) in [5, 5.41) is 3.25. The highest BCUT2D eigenvalue weighted by Gasteiger charge is 2.33. The van der Waals surface area contributed by atoms with Gasteiger partial charge in [0, 0.05) is 18.3 Å². The lowest BCUT2D eigenvalue weighted by Crippen LogP contribution is -2.52. The number of amides is 1. The zero-order chi connectivity index (χ0) is 15.6. The van der Waals surface area contributed by atoms with Crippen LogP contribution in [0.1, 0.15) is 32.8 Å². The minimum Gasteiger partial charge on any atom is -0.399 e. The van der Waals surface area contributed by atoms with Crippen LogP contribution in [0.15, 0.2) is 24.3 Å². The molecule has 0 spiro atoms. The van der Waals surface area contributed by atoms with E-state index in [4.69, 9.17) is 5.73 Å². The van der Waals surface area contributed by atoms with Gasteiger partial charge in [0.05, 0.1) is 5.41 Å². The number of likely N-dealkylation sites (tertiary alicyclic amines) is 1. The lowest BCUT2D eigenvalue weighted by Gasteiger charge is -2.37. The van der Waals surface area contributed by atoms with E-state index in [9.17, 15) is 4.79 Å². The van der Waals surface area contributed by atoms with Crippen LogP contribution in [0.5, 0.6) is 0 Å². The molecule has 1 aromatic carbocycles. The molecule has 0 bridgehead atoms. The molecule has 3 N–H and O–H groups in total. The Balaban J connectivity index is 2.06. The molecule has 2 rings (SSSR count). The maximum absolute atomic E-state index is 12.7. The molecule has 2 unspecified atom stereocenters. The third-order valence-corrected chi connectivity index (χ3v) is 4.62. The minimum atomic E-state index is -0.545. The quantitative estimate of drug-likeness (QED) is 0.837. The topological polar surface area (TPSA) is 58.4 Å². The molecular weight excluding hydrogens is 262 g/mol. The van der Waals surface area contributed by atoms with Gasteiger partial charge in [-0.2, -0.15) is 0 Å². The maximum Gasteiger partial charge on any atom is 0.230 e. The van der Waals surface area contributed by atoms with Crippen LogP contribution < -0.4 is 11.1 Å². The first-order chi connectivity index (χ1) is 9.80. The molecule has 21 heavy (non-hydrogen) atoms. The predicted molar refractivity (Wildman–Crippen MR) is 87.1 cm³/mol. The number of nitrogen functional groups attached to an aromatic ring is 1. The normalized spacial score (nSPS) is 23.8. The lowest BCUT2D eigenvalue weighted by molar-refractivity contribution is -0.127. The van der Waals surface area contributed by atoms with Crippen molar-refractivity contribution in [1.29, 1.82) is 0 Å². The highest BCUT2D eigenvalue weighted by molar-refractivity contribution is 5.87. The van der Waals surface area contributed by atoms with Gasteiger partial charge in [0.2, 0.25) is 5.91 Å². The molecule has 0 aromatic heterocycles. The Bertz CT molecular complexity index is 495. The molecule has 2 atom stereocenters. The van der Waals surface area contributed by atoms with E-state index in [-0.39, 0.29) is 11.9 Å². The Morgan fingerprint density at radius 3 is 2.52 bits per heavy atom. The molecule has 1 saturated heterocycles. The number of nitrogens with one attached hydrogen (secondary N) is 1. The molecule has 4 heteroatoms. The third-order valence-electron chi connectivity index (χ3n) is 4.62. The summed E-state index contributed by atoms with van der Waals surface area (Å²) in [5.41, 5.74) is 6.89. The standard InChI is InChI=1S/C17H27N3O/c1-12-11-20(4)10-9-15(12)19-16(21)17(2,3)13-5-7-14(18)8-6-13/h5-8,12,15H,9-11,18H2,1-4H3,(H,19,21). The van der Waals surface area contributed by atoms with Gasteiger partial charge in [0.1, 0.15) is 0 Å². The van der Waals surface area contributed by atoms with Crippen LogP contribution in [0.4, 0.5) is 5.69 Å². The first-order valence-electron chi connectivity index (χ1n) is 7.66. The average molecular weight is 289 g/mol. The Hall–Kier alpha value is -1.55. The number of anilines is 1. The fourth-order valence-corrected chi connectivity index (χ4v) is 2.95. The second-order valence-corrected chi connectivity index (χ2v) is 6.86. The average Bonchev–Trinajstić information content (AvgIpc) is 2.42. The summed E-state index contributed by atoms with van der Waals surface area (Å²) >= 11 is 0. The predicted octanol–water partition coefficient (Wildman–Crippen LogP) is 2.00. The first-order valence-corrected chi connectivity index (χ1v) is 7.66. The lowest BCUT2D eigenvalue weighted by atomic mass is 9.82. The number of nitrogens with two attached hydrogens (primary N) is 1. The number of benzene rings is 1. The fraction of sp³-hybridized carbons (Fsp3) is 0.588. The minimum absolute atomic E-state index is 0.0914. The Morgan fingerprint density at radius 2 is 1.95 bits per heavy atom. The number of nitrogens with zero attached hydrogens (tertiary/aromatic N) is 1. The van der Waals surface area contributed by atoms with Gasteiger partial charge in [0.15, 0.2) is 0 Å². The number of carbonyl (C=O) groups is 1. The van der Waals surface area contributed by atoms with Gasteiger partial charge in [0.25, 0.3) is 0 Å². The number of rotatable bonds is 3. The molecular formula is C17H27N3O. The smallest absolute Gasteiger partial charge is 0.230 e. The van der Waals surface area contributed by atoms with Gasteiger partial charge in [-0.3, -0.25) is 4.79 Å². The zero-order valence-corrected chi connectivity index (χ0v) is 13.5. The van der Waals surface area contributed by atoms with E-state index in [0.29, 0.717) is 5.92 Å². The van der Waals surface area contributed by atoms with E-state index >= 15 is 0 Å². The van der Waals surface area contributed by atoms with E-state index < -0.39 is 5.41 Å². The van der Waals surface area contributed by atoms with Gasteiger partial charge in [-0.15, -0.1) is 0 Å². The van der Waals surface area contributed by atoms with Crippen LogP contribution >= 0.6 is 0 Å². The molecule has 1 fully saturated rings. The third kappa shape index (κ3) is 3.56. The van der Waals surface area contributed by atoms with Crippen LogP contribution in [0.2, 0.25) is 0 Å². The van der Waals surface area contributed by atoms with Gasteiger partial charge < -0.3 is 16.0 Å². The fourth-order valence-electron chi connectivity index (χ4n) is 2.95. The SMILES string of the molecule is CC1CN(C)CCC1NC(=O)C(C)(C)c1ccc(N)cc1. The zero-order valence-electron chi connectivity index (χ0n) is 13.5.